The van der Waals surface area contributed by atoms with Crippen molar-refractivity contribution in [2.24, 2.45) is 11.8 Å². The summed E-state index contributed by atoms with van der Waals surface area (Å²) in [5.74, 6) is -2.23. The van der Waals surface area contributed by atoms with Crippen molar-refractivity contribution in [3.05, 3.63) is 71.8 Å². The van der Waals surface area contributed by atoms with E-state index in [1.54, 1.807) is 0 Å². The van der Waals surface area contributed by atoms with E-state index in [0.29, 0.717) is 25.8 Å². The fourth-order valence-corrected chi connectivity index (χ4v) is 5.01. The summed E-state index contributed by atoms with van der Waals surface area (Å²) in [5, 5.41) is 2.80. The van der Waals surface area contributed by atoms with Crippen molar-refractivity contribution in [2.75, 3.05) is 19.7 Å². The molecule has 1 saturated heterocycles. The van der Waals surface area contributed by atoms with E-state index in [9.17, 15) is 19.2 Å². The third-order valence-electron chi connectivity index (χ3n) is 6.74. The maximum absolute atomic E-state index is 12.5. The molecule has 1 N–H and O–H groups in total. The zero-order chi connectivity index (χ0) is 23.9. The first kappa shape index (κ1) is 23.7. The van der Waals surface area contributed by atoms with Crippen molar-refractivity contribution < 1.29 is 23.9 Å². The molecule has 1 heterocycles. The summed E-state index contributed by atoms with van der Waals surface area (Å²) in [4.78, 5) is 50.4. The Kier molecular flexibility index (Phi) is 7.72. The smallest absolute Gasteiger partial charge is 0.326 e. The fraction of sp³-hybridized carbons (Fsp3) is 0.407. The lowest BCUT2D eigenvalue weighted by atomic mass is 9.81. The van der Waals surface area contributed by atoms with Gasteiger partial charge in [-0.05, 0) is 30.4 Å². The first-order chi connectivity index (χ1) is 16.5. The molecular weight excluding hydrogens is 432 g/mol. The predicted molar refractivity (Wildman–Crippen MR) is 125 cm³/mol. The molecule has 1 aliphatic heterocycles. The molecule has 0 radical (unpaired) electrons. The molecule has 2 atom stereocenters. The van der Waals surface area contributed by atoms with Gasteiger partial charge in [0.25, 0.3) is 5.91 Å². The number of nitrogens with one attached hydrogen (secondary N) is 1. The second-order valence-electron chi connectivity index (χ2n) is 8.93. The van der Waals surface area contributed by atoms with Crippen LogP contribution in [-0.2, 0) is 23.9 Å². The number of carbonyl (C=O) groups excluding carboxylic acids is 4. The molecule has 2 aromatic rings. The average molecular weight is 463 g/mol. The number of fused-ring (bicyclic) bond motifs is 1. The van der Waals surface area contributed by atoms with Gasteiger partial charge in [0.2, 0.25) is 11.8 Å². The van der Waals surface area contributed by atoms with Crippen molar-refractivity contribution >= 4 is 23.7 Å². The van der Waals surface area contributed by atoms with Gasteiger partial charge in [-0.1, -0.05) is 73.5 Å². The summed E-state index contributed by atoms with van der Waals surface area (Å²) in [6, 6.07) is 20.2. The number of nitrogens with zero attached hydrogens (tertiary/aromatic N) is 1. The molecule has 3 amide bonds. The minimum absolute atomic E-state index is 0.126. The summed E-state index contributed by atoms with van der Waals surface area (Å²) in [6.45, 7) is -0.456. The maximum Gasteiger partial charge on any atom is 0.326 e. The van der Waals surface area contributed by atoms with E-state index in [0.717, 1.165) is 28.9 Å². The molecule has 0 spiro atoms. The van der Waals surface area contributed by atoms with E-state index in [1.165, 1.54) is 0 Å². The van der Waals surface area contributed by atoms with Gasteiger partial charge in [0.15, 0.2) is 6.61 Å². The van der Waals surface area contributed by atoms with Crippen LogP contribution in [0.1, 0.15) is 49.1 Å². The number of amides is 3. The van der Waals surface area contributed by atoms with Gasteiger partial charge >= 0.3 is 5.97 Å². The summed E-state index contributed by atoms with van der Waals surface area (Å²) in [6.07, 6.45) is 3.92. The van der Waals surface area contributed by atoms with Crippen LogP contribution in [0.15, 0.2) is 60.7 Å². The maximum atomic E-state index is 12.5. The van der Waals surface area contributed by atoms with Crippen molar-refractivity contribution in [3.8, 4) is 0 Å². The molecule has 34 heavy (non-hydrogen) atoms. The Morgan fingerprint density at radius 2 is 1.41 bits per heavy atom. The number of carbonyl (C=O) groups is 4. The van der Waals surface area contributed by atoms with Crippen LogP contribution >= 0.6 is 0 Å². The SMILES string of the molecule is O=C(COC(=O)CN1C(=O)C2CCCCC2C1=O)NCCC(c1ccccc1)c1ccccc1. The van der Waals surface area contributed by atoms with Crippen LogP contribution < -0.4 is 5.32 Å². The molecule has 2 aliphatic rings. The van der Waals surface area contributed by atoms with Crippen LogP contribution in [0.3, 0.4) is 0 Å². The zero-order valence-corrected chi connectivity index (χ0v) is 19.2. The summed E-state index contributed by atoms with van der Waals surface area (Å²) >= 11 is 0. The Balaban J connectivity index is 1.23. The van der Waals surface area contributed by atoms with Crippen LogP contribution in [0.2, 0.25) is 0 Å². The predicted octanol–water partition coefficient (Wildman–Crippen LogP) is 3.04. The summed E-state index contributed by atoms with van der Waals surface area (Å²) < 4.78 is 5.05. The van der Waals surface area contributed by atoms with Crippen LogP contribution in [0, 0.1) is 11.8 Å². The van der Waals surface area contributed by atoms with Crippen molar-refractivity contribution in [1.29, 1.82) is 0 Å². The quantitative estimate of drug-likeness (QED) is 0.457. The monoisotopic (exact) mass is 462 g/mol. The first-order valence-electron chi connectivity index (χ1n) is 11.9. The van der Waals surface area contributed by atoms with Crippen molar-refractivity contribution in [3.63, 3.8) is 0 Å². The number of hydrogen-bond acceptors (Lipinski definition) is 5. The second kappa shape index (κ2) is 11.1. The fourth-order valence-electron chi connectivity index (χ4n) is 5.01. The second-order valence-corrected chi connectivity index (χ2v) is 8.93. The highest BCUT2D eigenvalue weighted by molar-refractivity contribution is 6.07. The number of benzene rings is 2. The minimum Gasteiger partial charge on any atom is -0.454 e. The number of imide groups is 1. The highest BCUT2D eigenvalue weighted by Gasteiger charge is 2.48. The molecule has 2 unspecified atom stereocenters. The minimum atomic E-state index is -0.748. The van der Waals surface area contributed by atoms with E-state index in [2.05, 4.69) is 29.6 Å². The van der Waals surface area contributed by atoms with Gasteiger partial charge in [0, 0.05) is 12.5 Å². The van der Waals surface area contributed by atoms with Gasteiger partial charge in [0.1, 0.15) is 6.54 Å². The number of esters is 1. The molecule has 1 saturated carbocycles. The normalized spacial score (nSPS) is 19.7. The Morgan fingerprint density at radius 3 is 1.94 bits per heavy atom. The van der Waals surface area contributed by atoms with Gasteiger partial charge in [0.05, 0.1) is 11.8 Å². The van der Waals surface area contributed by atoms with Crippen molar-refractivity contribution in [1.82, 2.24) is 10.2 Å². The van der Waals surface area contributed by atoms with E-state index in [1.807, 2.05) is 36.4 Å². The highest BCUT2D eigenvalue weighted by atomic mass is 16.5. The average Bonchev–Trinajstić information content (AvgIpc) is 3.11. The third-order valence-corrected chi connectivity index (χ3v) is 6.74. The van der Waals surface area contributed by atoms with Crippen molar-refractivity contribution in [2.45, 2.75) is 38.0 Å². The molecule has 7 heteroatoms. The lowest BCUT2D eigenvalue weighted by molar-refractivity contribution is -0.154. The molecule has 178 valence electrons. The standard InChI is InChI=1S/C27H30N2O5/c30-24(18-34-25(31)17-29-26(32)22-13-7-8-14-23(22)27(29)33)28-16-15-21(19-9-3-1-4-10-19)20-11-5-2-6-12-20/h1-6,9-12,21-23H,7-8,13-18H2,(H,28,30). The molecule has 0 aromatic heterocycles. The van der Waals surface area contributed by atoms with Gasteiger partial charge in [-0.2, -0.15) is 0 Å². The molecule has 2 aromatic carbocycles. The molecule has 0 bridgehead atoms. The van der Waals surface area contributed by atoms with Gasteiger partial charge in [-0.25, -0.2) is 0 Å². The lowest BCUT2D eigenvalue weighted by Gasteiger charge is -2.19. The summed E-state index contributed by atoms with van der Waals surface area (Å²) in [5.41, 5.74) is 2.32. The van der Waals surface area contributed by atoms with E-state index >= 15 is 0 Å². The topological polar surface area (TPSA) is 92.8 Å². The van der Waals surface area contributed by atoms with E-state index in [4.69, 9.17) is 4.74 Å². The number of likely N-dealkylation sites (tertiary alicyclic amines) is 1. The first-order valence-corrected chi connectivity index (χ1v) is 11.9. The van der Waals surface area contributed by atoms with Crippen LogP contribution in [-0.4, -0.2) is 48.3 Å². The number of rotatable bonds is 9. The molecule has 2 fully saturated rings. The number of hydrogen-bond donors (Lipinski definition) is 1. The molecule has 4 rings (SSSR count). The van der Waals surface area contributed by atoms with Crippen LogP contribution in [0.4, 0.5) is 0 Å². The molecule has 1 aliphatic carbocycles. The van der Waals surface area contributed by atoms with Gasteiger partial charge in [-0.15, -0.1) is 0 Å². The number of ether oxygens (including phenoxy) is 1. The summed E-state index contributed by atoms with van der Waals surface area (Å²) in [7, 11) is 0. The Morgan fingerprint density at radius 1 is 0.882 bits per heavy atom. The largest absolute Gasteiger partial charge is 0.454 e. The Labute approximate surface area is 199 Å². The highest BCUT2D eigenvalue weighted by Crippen LogP contribution is 2.37. The van der Waals surface area contributed by atoms with E-state index < -0.39 is 25.0 Å². The van der Waals surface area contributed by atoms with Crippen LogP contribution in [0.25, 0.3) is 0 Å². The lowest BCUT2D eigenvalue weighted by Crippen LogP contribution is -2.38. The van der Waals surface area contributed by atoms with Crippen LogP contribution in [0.5, 0.6) is 0 Å². The van der Waals surface area contributed by atoms with Gasteiger partial charge < -0.3 is 10.1 Å². The zero-order valence-electron chi connectivity index (χ0n) is 19.2. The molecular formula is C27H30N2O5. The molecule has 7 nitrogen and oxygen atoms in total. The van der Waals surface area contributed by atoms with Gasteiger partial charge in [-0.3, -0.25) is 24.1 Å². The third kappa shape index (κ3) is 5.53. The Hall–Kier alpha value is -3.48. The Bertz CT molecular complexity index is 960. The van der Waals surface area contributed by atoms with E-state index in [-0.39, 0.29) is 29.6 Å².